The van der Waals surface area contributed by atoms with E-state index in [2.05, 4.69) is 25.8 Å². The Morgan fingerprint density at radius 3 is 2.88 bits per heavy atom. The first-order valence-electron chi connectivity index (χ1n) is 8.11. The number of primary amides is 1. The molecule has 6 N–H and O–H groups in total. The van der Waals surface area contributed by atoms with Crippen LogP contribution < -0.4 is 22.1 Å². The minimum atomic E-state index is -0.736. The van der Waals surface area contributed by atoms with E-state index >= 15 is 0 Å². The molecule has 1 aliphatic rings. The number of nitrogens with one attached hydrogen (secondary N) is 2. The lowest BCUT2D eigenvalue weighted by Gasteiger charge is -2.29. The Morgan fingerprint density at radius 2 is 2.19 bits per heavy atom. The number of rotatable bonds is 5. The molecular formula is C16H20ClN7O2. The van der Waals surface area contributed by atoms with E-state index in [1.807, 2.05) is 19.1 Å². The highest BCUT2D eigenvalue weighted by Crippen LogP contribution is 2.24. The van der Waals surface area contributed by atoms with Crippen LogP contribution in [0.25, 0.3) is 0 Å². The summed E-state index contributed by atoms with van der Waals surface area (Å²) in [6, 6.07) is 5.16. The number of amides is 1. The van der Waals surface area contributed by atoms with Gasteiger partial charge >= 0.3 is 0 Å². The van der Waals surface area contributed by atoms with E-state index in [4.69, 9.17) is 27.8 Å². The minimum absolute atomic E-state index is 0.0494. The number of ether oxygens (including phenoxy) is 1. The van der Waals surface area contributed by atoms with Gasteiger partial charge in [0.05, 0.1) is 6.61 Å². The van der Waals surface area contributed by atoms with Gasteiger partial charge in [0, 0.05) is 29.4 Å². The molecule has 0 spiro atoms. The van der Waals surface area contributed by atoms with E-state index in [1.54, 1.807) is 6.07 Å². The second-order valence-corrected chi connectivity index (χ2v) is 6.47. The summed E-state index contributed by atoms with van der Waals surface area (Å²) in [7, 11) is 0. The zero-order chi connectivity index (χ0) is 18.7. The van der Waals surface area contributed by atoms with Crippen LogP contribution >= 0.6 is 11.6 Å². The topological polar surface area (TPSA) is 141 Å². The van der Waals surface area contributed by atoms with E-state index in [0.29, 0.717) is 23.9 Å². The number of benzene rings is 1. The van der Waals surface area contributed by atoms with E-state index in [-0.39, 0.29) is 29.5 Å². The van der Waals surface area contributed by atoms with Gasteiger partial charge in [0.2, 0.25) is 5.95 Å². The fourth-order valence-electron chi connectivity index (χ4n) is 2.55. The Bertz CT molecular complexity index is 817. The van der Waals surface area contributed by atoms with Crippen LogP contribution in [0.2, 0.25) is 5.02 Å². The minimum Gasteiger partial charge on any atom is -0.380 e. The number of anilines is 3. The Balaban J connectivity index is 1.86. The quantitative estimate of drug-likeness (QED) is 0.609. The van der Waals surface area contributed by atoms with Crippen molar-refractivity contribution in [3.63, 3.8) is 0 Å². The number of carbonyl (C=O) groups is 1. The number of hydrogen-bond acceptors (Lipinski definition) is 8. The van der Waals surface area contributed by atoms with E-state index in [9.17, 15) is 4.79 Å². The first-order chi connectivity index (χ1) is 12.4. The van der Waals surface area contributed by atoms with E-state index in [1.165, 1.54) is 0 Å². The van der Waals surface area contributed by atoms with Gasteiger partial charge < -0.3 is 26.8 Å². The van der Waals surface area contributed by atoms with Gasteiger partial charge in [-0.3, -0.25) is 4.79 Å². The van der Waals surface area contributed by atoms with Gasteiger partial charge in [-0.25, -0.2) is 0 Å². The summed E-state index contributed by atoms with van der Waals surface area (Å²) in [4.78, 5) is 16.0. The third-order valence-corrected chi connectivity index (χ3v) is 4.48. The van der Waals surface area contributed by atoms with Crippen molar-refractivity contribution >= 4 is 35.0 Å². The Labute approximate surface area is 155 Å². The van der Waals surface area contributed by atoms with Gasteiger partial charge in [-0.15, -0.1) is 10.2 Å². The molecule has 1 saturated heterocycles. The second kappa shape index (κ2) is 7.81. The van der Waals surface area contributed by atoms with E-state index in [0.717, 1.165) is 12.0 Å². The zero-order valence-electron chi connectivity index (χ0n) is 14.2. The van der Waals surface area contributed by atoms with Gasteiger partial charge in [-0.05, 0) is 31.0 Å². The fourth-order valence-corrected chi connectivity index (χ4v) is 2.73. The van der Waals surface area contributed by atoms with Gasteiger partial charge in [0.25, 0.3) is 5.91 Å². The number of aromatic nitrogens is 3. The highest BCUT2D eigenvalue weighted by Gasteiger charge is 2.24. The molecule has 1 amide bonds. The van der Waals surface area contributed by atoms with Crippen LogP contribution in [0.1, 0.15) is 22.5 Å². The van der Waals surface area contributed by atoms with Crippen molar-refractivity contribution < 1.29 is 9.53 Å². The van der Waals surface area contributed by atoms with Crippen molar-refractivity contribution in [1.82, 2.24) is 15.2 Å². The third-order valence-electron chi connectivity index (χ3n) is 4.07. The maximum atomic E-state index is 11.6. The molecule has 1 aliphatic heterocycles. The predicted octanol–water partition coefficient (Wildman–Crippen LogP) is 1.20. The molecule has 0 unspecified atom stereocenters. The number of halogens is 1. The molecule has 3 rings (SSSR count). The normalized spacial score (nSPS) is 19.8. The molecule has 26 heavy (non-hydrogen) atoms. The summed E-state index contributed by atoms with van der Waals surface area (Å²) in [6.45, 7) is 2.95. The standard InChI is InChI=1S/C16H20ClN7O2/c1-8-2-3-9(6-10(8)17)20-15-13(14(19)25)23-24-16(22-15)21-12-4-5-26-7-11(12)18/h2-3,6,11-12H,4-5,7,18H2,1H3,(H2,19,25)(H2,20,21,22,24)/t11-,12+/m0/s1. The third kappa shape index (κ3) is 4.18. The number of nitrogens with zero attached hydrogens (tertiary/aromatic N) is 3. The van der Waals surface area contributed by atoms with Crippen LogP contribution in [0, 0.1) is 6.92 Å². The summed E-state index contributed by atoms with van der Waals surface area (Å²) in [5.74, 6) is -0.298. The molecule has 1 fully saturated rings. The number of carbonyl (C=O) groups excluding carboxylic acids is 1. The van der Waals surface area contributed by atoms with Crippen molar-refractivity contribution in [2.75, 3.05) is 23.8 Å². The second-order valence-electron chi connectivity index (χ2n) is 6.06. The van der Waals surface area contributed by atoms with Crippen LogP contribution in [-0.2, 0) is 4.74 Å². The smallest absolute Gasteiger partial charge is 0.273 e. The van der Waals surface area contributed by atoms with E-state index < -0.39 is 5.91 Å². The molecule has 138 valence electrons. The molecule has 0 bridgehead atoms. The first-order valence-corrected chi connectivity index (χ1v) is 8.49. The number of hydrogen-bond donors (Lipinski definition) is 4. The lowest BCUT2D eigenvalue weighted by molar-refractivity contribution is 0.0751. The van der Waals surface area contributed by atoms with Crippen molar-refractivity contribution in [2.24, 2.45) is 11.5 Å². The largest absolute Gasteiger partial charge is 0.380 e. The Kier molecular flexibility index (Phi) is 5.50. The Morgan fingerprint density at radius 1 is 1.38 bits per heavy atom. The molecule has 9 nitrogen and oxygen atoms in total. The van der Waals surface area contributed by atoms with Crippen LogP contribution in [0.5, 0.6) is 0 Å². The van der Waals surface area contributed by atoms with Crippen molar-refractivity contribution in [3.8, 4) is 0 Å². The van der Waals surface area contributed by atoms with Crippen LogP contribution in [0.4, 0.5) is 17.5 Å². The molecule has 2 aromatic rings. The molecule has 2 heterocycles. The van der Waals surface area contributed by atoms with Gasteiger partial charge in [-0.2, -0.15) is 4.98 Å². The number of nitrogens with two attached hydrogens (primary N) is 2. The highest BCUT2D eigenvalue weighted by molar-refractivity contribution is 6.31. The molecule has 0 radical (unpaired) electrons. The van der Waals surface area contributed by atoms with Crippen molar-refractivity contribution in [2.45, 2.75) is 25.4 Å². The molecule has 2 atom stereocenters. The molecule has 1 aromatic heterocycles. The predicted molar refractivity (Wildman–Crippen MR) is 98.6 cm³/mol. The van der Waals surface area contributed by atoms with Crippen molar-refractivity contribution in [1.29, 1.82) is 0 Å². The monoisotopic (exact) mass is 377 g/mol. The fraction of sp³-hybridized carbons (Fsp3) is 0.375. The molecular weight excluding hydrogens is 358 g/mol. The summed E-state index contributed by atoms with van der Waals surface area (Å²) < 4.78 is 5.32. The number of aryl methyl sites for hydroxylation is 1. The maximum absolute atomic E-state index is 11.6. The lowest BCUT2D eigenvalue weighted by atomic mass is 10.1. The average molecular weight is 378 g/mol. The first kappa shape index (κ1) is 18.3. The van der Waals surface area contributed by atoms with Crippen LogP contribution in [0.15, 0.2) is 18.2 Å². The van der Waals surface area contributed by atoms with Crippen LogP contribution in [-0.4, -0.2) is 46.4 Å². The highest BCUT2D eigenvalue weighted by atomic mass is 35.5. The maximum Gasteiger partial charge on any atom is 0.273 e. The average Bonchev–Trinajstić information content (AvgIpc) is 2.60. The molecule has 0 aliphatic carbocycles. The van der Waals surface area contributed by atoms with Crippen LogP contribution in [0.3, 0.4) is 0 Å². The summed E-state index contributed by atoms with van der Waals surface area (Å²) in [5.41, 5.74) is 12.9. The van der Waals surface area contributed by atoms with Gasteiger partial charge in [-0.1, -0.05) is 17.7 Å². The summed E-state index contributed by atoms with van der Waals surface area (Å²) in [6.07, 6.45) is 0.721. The van der Waals surface area contributed by atoms with Gasteiger partial charge in [0.1, 0.15) is 0 Å². The summed E-state index contributed by atoms with van der Waals surface area (Å²) >= 11 is 6.14. The molecule has 10 heteroatoms. The molecule has 0 saturated carbocycles. The summed E-state index contributed by atoms with van der Waals surface area (Å²) in [5, 5.41) is 14.6. The zero-order valence-corrected chi connectivity index (χ0v) is 15.0. The molecule has 1 aromatic carbocycles. The Hall–Kier alpha value is -2.49. The van der Waals surface area contributed by atoms with Gasteiger partial charge in [0.15, 0.2) is 11.5 Å². The SMILES string of the molecule is Cc1ccc(Nc2nc(N[C@@H]3CCOC[C@@H]3N)nnc2C(N)=O)cc1Cl. The lowest BCUT2D eigenvalue weighted by Crippen LogP contribution is -2.48. The van der Waals surface area contributed by atoms with Crippen molar-refractivity contribution in [3.05, 3.63) is 34.5 Å².